The van der Waals surface area contributed by atoms with Gasteiger partial charge in [-0.25, -0.2) is 0 Å². The summed E-state index contributed by atoms with van der Waals surface area (Å²) in [5.74, 6) is -5.49. The van der Waals surface area contributed by atoms with Crippen LogP contribution in [0.4, 0.5) is 0 Å². The van der Waals surface area contributed by atoms with Crippen LogP contribution in [0.15, 0.2) is 42.5 Å². The van der Waals surface area contributed by atoms with Crippen LogP contribution in [-0.4, -0.2) is 52.7 Å². The largest absolute Gasteiger partial charge is 0.508 e. The van der Waals surface area contributed by atoms with Crippen molar-refractivity contribution in [2.45, 2.75) is 18.1 Å². The van der Waals surface area contributed by atoms with Gasteiger partial charge in [0, 0.05) is 35.2 Å². The number of hydrogen-bond acceptors (Lipinski definition) is 10. The third kappa shape index (κ3) is 3.05. The van der Waals surface area contributed by atoms with Crippen LogP contribution in [0, 0.1) is 0 Å². The fourth-order valence-electron chi connectivity index (χ4n) is 3.78. The fraction of sp³-hybridized carbons (Fsp3) is 0.136. The number of phenols is 7. The maximum Gasteiger partial charge on any atom is 0.222 e. The number of carbonyl (C=O) groups is 1. The zero-order chi connectivity index (χ0) is 23.4. The smallest absolute Gasteiger partial charge is 0.222 e. The van der Waals surface area contributed by atoms with E-state index in [0.29, 0.717) is 0 Å². The first-order valence-corrected chi connectivity index (χ1v) is 9.28. The molecule has 1 heterocycles. The van der Waals surface area contributed by atoms with Crippen LogP contribution in [-0.2, 0) is 12.0 Å². The summed E-state index contributed by atoms with van der Waals surface area (Å²) >= 11 is 0. The molecule has 0 amide bonds. The Morgan fingerprint density at radius 1 is 0.812 bits per heavy atom. The van der Waals surface area contributed by atoms with Crippen molar-refractivity contribution < 1.29 is 50.4 Å². The van der Waals surface area contributed by atoms with E-state index in [9.17, 15) is 45.6 Å². The molecular formula is C22H18O10. The van der Waals surface area contributed by atoms with Crippen LogP contribution in [0.25, 0.3) is 0 Å². The summed E-state index contributed by atoms with van der Waals surface area (Å²) < 4.78 is 5.86. The number of ether oxygens (including phenoxy) is 1. The molecule has 8 N–H and O–H groups in total. The number of ketones is 1. The van der Waals surface area contributed by atoms with Gasteiger partial charge in [-0.2, -0.15) is 0 Å². The zero-order valence-corrected chi connectivity index (χ0v) is 16.2. The minimum absolute atomic E-state index is 0.106. The van der Waals surface area contributed by atoms with Crippen LogP contribution in [0.1, 0.15) is 21.5 Å². The predicted octanol–water partition coefficient (Wildman–Crippen LogP) is 1.70. The van der Waals surface area contributed by atoms with Crippen LogP contribution in [0.5, 0.6) is 46.0 Å². The molecule has 1 unspecified atom stereocenters. The second-order valence-corrected chi connectivity index (χ2v) is 7.39. The molecule has 0 bridgehead atoms. The molecule has 10 heteroatoms. The van der Waals surface area contributed by atoms with Crippen molar-refractivity contribution >= 4 is 5.78 Å². The Kier molecular flexibility index (Phi) is 4.67. The summed E-state index contributed by atoms with van der Waals surface area (Å²) in [4.78, 5) is 13.7. The number of hydrogen-bond donors (Lipinski definition) is 8. The Morgan fingerprint density at radius 2 is 1.47 bits per heavy atom. The Hall–Kier alpha value is -4.31. The lowest BCUT2D eigenvalue weighted by atomic mass is 9.76. The maximum absolute atomic E-state index is 13.7. The standard InChI is InChI=1S/C22H18O10/c23-11-6-14(25)12-8-19(29)22(32-18(12)7-11,10-1-2-13(24)15(26)5-10)21(31)9-3-16(27)20(30)17(28)4-9/h1-7,19,23-30H,8H2/t19-,22?/m1/s1. The van der Waals surface area contributed by atoms with Crippen molar-refractivity contribution in [1.82, 2.24) is 0 Å². The summed E-state index contributed by atoms with van der Waals surface area (Å²) in [5, 5.41) is 80.1. The van der Waals surface area contributed by atoms with Gasteiger partial charge in [-0.1, -0.05) is 6.07 Å². The molecule has 0 spiro atoms. The highest BCUT2D eigenvalue weighted by molar-refractivity contribution is 6.05. The number of Topliss-reactive ketones (excluding diaryl/α,β-unsaturated/α-hetero) is 1. The Labute approximate surface area is 180 Å². The van der Waals surface area contributed by atoms with Crippen molar-refractivity contribution in [3.63, 3.8) is 0 Å². The molecule has 0 radical (unpaired) electrons. The van der Waals surface area contributed by atoms with Gasteiger partial charge >= 0.3 is 0 Å². The Bertz CT molecular complexity index is 1230. The lowest BCUT2D eigenvalue weighted by Crippen LogP contribution is -2.54. The van der Waals surface area contributed by atoms with Crippen molar-refractivity contribution in [3.8, 4) is 46.0 Å². The van der Waals surface area contributed by atoms with Gasteiger partial charge in [0.25, 0.3) is 0 Å². The van der Waals surface area contributed by atoms with E-state index < -0.39 is 46.2 Å². The molecule has 0 saturated heterocycles. The molecule has 10 nitrogen and oxygen atoms in total. The van der Waals surface area contributed by atoms with E-state index in [1.807, 2.05) is 0 Å². The van der Waals surface area contributed by atoms with Gasteiger partial charge in [-0.05, 0) is 24.3 Å². The van der Waals surface area contributed by atoms with Gasteiger partial charge in [-0.15, -0.1) is 0 Å². The summed E-state index contributed by atoms with van der Waals surface area (Å²) in [6.45, 7) is 0. The minimum Gasteiger partial charge on any atom is -0.508 e. The summed E-state index contributed by atoms with van der Waals surface area (Å²) in [7, 11) is 0. The monoisotopic (exact) mass is 442 g/mol. The molecule has 1 aliphatic rings. The average molecular weight is 442 g/mol. The van der Waals surface area contributed by atoms with Crippen molar-refractivity contribution in [2.75, 3.05) is 0 Å². The van der Waals surface area contributed by atoms with Crippen LogP contribution in [0.3, 0.4) is 0 Å². The molecule has 0 aromatic heterocycles. The van der Waals surface area contributed by atoms with E-state index in [-0.39, 0.29) is 40.4 Å². The van der Waals surface area contributed by atoms with Gasteiger partial charge in [0.15, 0.2) is 28.7 Å². The molecule has 2 atom stereocenters. The second-order valence-electron chi connectivity index (χ2n) is 7.39. The van der Waals surface area contributed by atoms with E-state index in [4.69, 9.17) is 4.74 Å². The van der Waals surface area contributed by atoms with Crippen LogP contribution in [0.2, 0.25) is 0 Å². The van der Waals surface area contributed by atoms with Gasteiger partial charge in [0.05, 0.1) is 0 Å². The van der Waals surface area contributed by atoms with Gasteiger partial charge in [0.2, 0.25) is 11.4 Å². The highest BCUT2D eigenvalue weighted by Crippen LogP contribution is 2.48. The van der Waals surface area contributed by atoms with Crippen LogP contribution >= 0.6 is 0 Å². The van der Waals surface area contributed by atoms with Gasteiger partial charge < -0.3 is 45.6 Å². The molecule has 32 heavy (non-hydrogen) atoms. The quantitative estimate of drug-likeness (QED) is 0.219. The number of phenolic OH excluding ortho intramolecular Hbond substituents is 7. The van der Waals surface area contributed by atoms with E-state index in [1.54, 1.807) is 0 Å². The summed E-state index contributed by atoms with van der Waals surface area (Å²) in [6.07, 6.45) is -1.98. The third-order valence-corrected chi connectivity index (χ3v) is 5.38. The number of benzene rings is 3. The normalized spacial score (nSPS) is 19.7. The first-order chi connectivity index (χ1) is 15.0. The first-order valence-electron chi connectivity index (χ1n) is 9.28. The number of aliphatic hydroxyl groups is 1. The molecule has 0 fully saturated rings. The first kappa shape index (κ1) is 20.9. The lowest BCUT2D eigenvalue weighted by Gasteiger charge is -2.41. The molecule has 166 valence electrons. The molecular weight excluding hydrogens is 424 g/mol. The number of aromatic hydroxyl groups is 7. The minimum atomic E-state index is -2.30. The molecule has 3 aromatic rings. The zero-order valence-electron chi connectivity index (χ0n) is 16.2. The second kappa shape index (κ2) is 7.13. The third-order valence-electron chi connectivity index (χ3n) is 5.38. The SMILES string of the molecule is O=C(c1cc(O)c(O)c(O)c1)C1(c2ccc(O)c(O)c2)Oc2cc(O)cc(O)c2C[C@H]1O. The highest BCUT2D eigenvalue weighted by atomic mass is 16.5. The Morgan fingerprint density at radius 3 is 2.09 bits per heavy atom. The van der Waals surface area contributed by atoms with E-state index in [1.165, 1.54) is 6.07 Å². The predicted molar refractivity (Wildman–Crippen MR) is 107 cm³/mol. The van der Waals surface area contributed by atoms with E-state index in [0.717, 1.165) is 36.4 Å². The summed E-state index contributed by atoms with van der Waals surface area (Å²) in [6, 6.07) is 7.13. The highest BCUT2D eigenvalue weighted by Gasteiger charge is 2.53. The molecule has 0 saturated carbocycles. The number of fused-ring (bicyclic) bond motifs is 1. The number of rotatable bonds is 3. The molecule has 3 aromatic carbocycles. The van der Waals surface area contributed by atoms with Gasteiger partial charge in [0.1, 0.15) is 23.4 Å². The topological polar surface area (TPSA) is 188 Å². The van der Waals surface area contributed by atoms with Crippen molar-refractivity contribution in [3.05, 3.63) is 59.2 Å². The van der Waals surface area contributed by atoms with E-state index in [2.05, 4.69) is 0 Å². The summed E-state index contributed by atoms with van der Waals surface area (Å²) in [5.41, 5.74) is -2.66. The van der Waals surface area contributed by atoms with Crippen molar-refractivity contribution in [1.29, 1.82) is 0 Å². The number of aliphatic hydroxyl groups excluding tert-OH is 1. The molecule has 1 aliphatic heterocycles. The van der Waals surface area contributed by atoms with Gasteiger partial charge in [-0.3, -0.25) is 4.79 Å². The lowest BCUT2D eigenvalue weighted by molar-refractivity contribution is -0.0494. The van der Waals surface area contributed by atoms with E-state index >= 15 is 0 Å². The molecule has 4 rings (SSSR count). The maximum atomic E-state index is 13.7. The average Bonchev–Trinajstić information content (AvgIpc) is 2.73. The fourth-order valence-corrected chi connectivity index (χ4v) is 3.78. The number of carbonyl (C=O) groups excluding carboxylic acids is 1. The molecule has 0 aliphatic carbocycles. The van der Waals surface area contributed by atoms with Crippen LogP contribution < -0.4 is 4.74 Å². The Balaban J connectivity index is 1.98. The van der Waals surface area contributed by atoms with Crippen molar-refractivity contribution in [2.24, 2.45) is 0 Å².